The number of aliphatic hydroxyl groups is 2. The lowest BCUT2D eigenvalue weighted by molar-refractivity contribution is -0.242. The molecule has 0 amide bonds. The summed E-state index contributed by atoms with van der Waals surface area (Å²) in [5.41, 5.74) is 2.41. The summed E-state index contributed by atoms with van der Waals surface area (Å²) in [7, 11) is 1.81. The SMILES string of the molecule is CO[C@@]1(C)[C@@H]2CC[C@]3(C)[C@H](CC=C4[C@@H]5CC(C)(C)CC[C@]5(CO)CC[C@]43C)[C@@]2(C)CC[C@@H]1O. The minimum atomic E-state index is -0.439. The molecule has 4 fully saturated rings. The van der Waals surface area contributed by atoms with Gasteiger partial charge in [0.05, 0.1) is 11.7 Å². The highest BCUT2D eigenvalue weighted by molar-refractivity contribution is 5.34. The Morgan fingerprint density at radius 3 is 2.27 bits per heavy atom. The molecule has 0 aliphatic heterocycles. The summed E-state index contributed by atoms with van der Waals surface area (Å²) in [6, 6.07) is 0. The lowest BCUT2D eigenvalue weighted by Gasteiger charge is -2.71. The fraction of sp³-hybridized carbons (Fsp3) is 0.933. The van der Waals surface area contributed by atoms with Crippen LogP contribution in [-0.2, 0) is 4.74 Å². The Morgan fingerprint density at radius 1 is 0.909 bits per heavy atom. The normalized spacial score (nSPS) is 55.5. The fourth-order valence-corrected chi connectivity index (χ4v) is 10.5. The number of hydrogen-bond acceptors (Lipinski definition) is 3. The van der Waals surface area contributed by atoms with E-state index in [0.717, 1.165) is 25.7 Å². The highest BCUT2D eigenvalue weighted by Gasteiger charge is 2.69. The van der Waals surface area contributed by atoms with Gasteiger partial charge in [0.1, 0.15) is 0 Å². The quantitative estimate of drug-likeness (QED) is 0.463. The van der Waals surface area contributed by atoms with Crippen molar-refractivity contribution in [3.05, 3.63) is 11.6 Å². The zero-order valence-corrected chi connectivity index (χ0v) is 22.5. The molecule has 0 bridgehead atoms. The lowest BCUT2D eigenvalue weighted by Crippen LogP contribution is -2.67. The van der Waals surface area contributed by atoms with Gasteiger partial charge in [-0.25, -0.2) is 0 Å². The van der Waals surface area contributed by atoms with Crippen LogP contribution < -0.4 is 0 Å². The molecule has 0 spiro atoms. The molecule has 0 aromatic heterocycles. The van der Waals surface area contributed by atoms with Gasteiger partial charge in [-0.2, -0.15) is 0 Å². The number of allylic oxidation sites excluding steroid dienone is 2. The molecule has 0 radical (unpaired) electrons. The maximum absolute atomic E-state index is 11.0. The van der Waals surface area contributed by atoms with Crippen LogP contribution in [0.15, 0.2) is 11.6 Å². The van der Waals surface area contributed by atoms with Gasteiger partial charge in [-0.1, -0.05) is 46.3 Å². The summed E-state index contributed by atoms with van der Waals surface area (Å²) < 4.78 is 6.10. The Labute approximate surface area is 202 Å². The molecule has 3 heteroatoms. The topological polar surface area (TPSA) is 49.7 Å². The minimum Gasteiger partial charge on any atom is -0.396 e. The zero-order valence-electron chi connectivity index (χ0n) is 22.5. The highest BCUT2D eigenvalue weighted by Crippen LogP contribution is 2.75. The number of fused-ring (bicyclic) bond motifs is 7. The maximum Gasteiger partial charge on any atom is 0.0941 e. The van der Waals surface area contributed by atoms with Crippen LogP contribution in [-0.4, -0.2) is 35.6 Å². The lowest BCUT2D eigenvalue weighted by atomic mass is 9.34. The molecule has 3 nitrogen and oxygen atoms in total. The minimum absolute atomic E-state index is 0.106. The maximum atomic E-state index is 11.0. The third-order valence-electron chi connectivity index (χ3n) is 13.1. The van der Waals surface area contributed by atoms with E-state index in [4.69, 9.17) is 4.74 Å². The van der Waals surface area contributed by atoms with Crippen molar-refractivity contribution in [2.24, 2.45) is 44.8 Å². The summed E-state index contributed by atoms with van der Waals surface area (Å²) >= 11 is 0. The van der Waals surface area contributed by atoms with Crippen molar-refractivity contribution in [2.45, 2.75) is 117 Å². The van der Waals surface area contributed by atoms with E-state index in [1.165, 1.54) is 38.5 Å². The van der Waals surface area contributed by atoms with Gasteiger partial charge in [0.25, 0.3) is 0 Å². The summed E-state index contributed by atoms with van der Waals surface area (Å²) in [6.07, 6.45) is 13.8. The monoisotopic (exact) mass is 458 g/mol. The first-order valence-corrected chi connectivity index (χ1v) is 13.9. The summed E-state index contributed by atoms with van der Waals surface area (Å²) in [5, 5.41) is 21.6. The van der Waals surface area contributed by atoms with Gasteiger partial charge in [0.15, 0.2) is 0 Å². The molecule has 0 aromatic carbocycles. The van der Waals surface area contributed by atoms with Crippen LogP contribution in [0.25, 0.3) is 0 Å². The second-order valence-electron chi connectivity index (χ2n) is 14.7. The molecule has 4 saturated carbocycles. The van der Waals surface area contributed by atoms with Crippen LogP contribution in [0.1, 0.15) is 106 Å². The molecule has 188 valence electrons. The second kappa shape index (κ2) is 7.32. The molecule has 5 aliphatic rings. The molecule has 33 heavy (non-hydrogen) atoms. The van der Waals surface area contributed by atoms with Crippen LogP contribution >= 0.6 is 0 Å². The largest absolute Gasteiger partial charge is 0.396 e. The van der Waals surface area contributed by atoms with Crippen LogP contribution in [0.4, 0.5) is 0 Å². The molecule has 0 unspecified atom stereocenters. The van der Waals surface area contributed by atoms with Gasteiger partial charge >= 0.3 is 0 Å². The van der Waals surface area contributed by atoms with E-state index >= 15 is 0 Å². The van der Waals surface area contributed by atoms with Gasteiger partial charge in [0.2, 0.25) is 0 Å². The van der Waals surface area contributed by atoms with Crippen LogP contribution in [0.5, 0.6) is 0 Å². The molecule has 5 rings (SSSR count). The Balaban J connectivity index is 1.58. The predicted octanol–water partition coefficient (Wildman–Crippen LogP) is 6.52. The van der Waals surface area contributed by atoms with Crippen molar-refractivity contribution in [3.8, 4) is 0 Å². The zero-order chi connectivity index (χ0) is 24.1. The van der Waals surface area contributed by atoms with E-state index in [2.05, 4.69) is 47.6 Å². The fourth-order valence-electron chi connectivity index (χ4n) is 10.5. The second-order valence-corrected chi connectivity index (χ2v) is 14.7. The molecular formula is C30H50O3. The van der Waals surface area contributed by atoms with Gasteiger partial charge < -0.3 is 14.9 Å². The molecule has 0 aromatic rings. The van der Waals surface area contributed by atoms with E-state index < -0.39 is 5.60 Å². The van der Waals surface area contributed by atoms with Crippen molar-refractivity contribution in [2.75, 3.05) is 13.7 Å². The van der Waals surface area contributed by atoms with Crippen LogP contribution in [0, 0.1) is 44.8 Å². The number of aliphatic hydroxyl groups excluding tert-OH is 2. The molecule has 5 aliphatic carbocycles. The number of ether oxygens (including phenoxy) is 1. The Morgan fingerprint density at radius 2 is 1.61 bits per heavy atom. The molecule has 9 atom stereocenters. The van der Waals surface area contributed by atoms with Crippen molar-refractivity contribution < 1.29 is 14.9 Å². The molecule has 0 saturated heterocycles. The van der Waals surface area contributed by atoms with Gasteiger partial charge in [0, 0.05) is 19.1 Å². The van der Waals surface area contributed by atoms with E-state index in [0.29, 0.717) is 29.8 Å². The highest BCUT2D eigenvalue weighted by atomic mass is 16.5. The first-order valence-electron chi connectivity index (χ1n) is 13.9. The standard InChI is InChI=1S/C30H50O3/c1-25(2)14-16-30(19-31)17-15-27(4)20(21(30)18-25)8-9-22-26(3)12-11-24(32)29(6,33-7)23(26)10-13-28(22,27)5/h8,21-24,31-32H,9-19H2,1-7H3/t21-,22+,23+,24-,26+,27+,28+,29-,30+/m0/s1. The summed E-state index contributed by atoms with van der Waals surface area (Å²) in [5.74, 6) is 1.56. The molecular weight excluding hydrogens is 408 g/mol. The number of rotatable bonds is 2. The number of hydrogen-bond donors (Lipinski definition) is 2. The van der Waals surface area contributed by atoms with Crippen molar-refractivity contribution in [3.63, 3.8) is 0 Å². The average molecular weight is 459 g/mol. The third kappa shape index (κ3) is 2.97. The predicted molar refractivity (Wildman–Crippen MR) is 134 cm³/mol. The van der Waals surface area contributed by atoms with Crippen molar-refractivity contribution >= 4 is 0 Å². The average Bonchev–Trinajstić information content (AvgIpc) is 2.77. The Hall–Kier alpha value is -0.380. The number of methoxy groups -OCH3 is 1. The van der Waals surface area contributed by atoms with E-state index in [1.54, 1.807) is 5.57 Å². The summed E-state index contributed by atoms with van der Waals surface area (Å²) in [4.78, 5) is 0. The van der Waals surface area contributed by atoms with E-state index in [-0.39, 0.29) is 27.8 Å². The van der Waals surface area contributed by atoms with Gasteiger partial charge in [-0.15, -0.1) is 0 Å². The molecule has 2 N–H and O–H groups in total. The third-order valence-corrected chi connectivity index (χ3v) is 13.1. The van der Waals surface area contributed by atoms with E-state index in [9.17, 15) is 10.2 Å². The first-order chi connectivity index (χ1) is 15.3. The van der Waals surface area contributed by atoms with Gasteiger partial charge in [-0.3, -0.25) is 0 Å². The smallest absolute Gasteiger partial charge is 0.0941 e. The van der Waals surface area contributed by atoms with Crippen LogP contribution in [0.3, 0.4) is 0 Å². The summed E-state index contributed by atoms with van der Waals surface area (Å²) in [6.45, 7) is 15.2. The van der Waals surface area contributed by atoms with Crippen molar-refractivity contribution in [1.82, 2.24) is 0 Å². The first kappa shape index (κ1) is 24.3. The van der Waals surface area contributed by atoms with Crippen molar-refractivity contribution in [1.29, 1.82) is 0 Å². The van der Waals surface area contributed by atoms with Gasteiger partial charge in [-0.05, 0) is 111 Å². The Bertz CT molecular complexity index is 832. The Kier molecular flexibility index (Phi) is 5.40. The molecule has 0 heterocycles. The van der Waals surface area contributed by atoms with E-state index in [1.807, 2.05) is 7.11 Å². The van der Waals surface area contributed by atoms with Crippen LogP contribution in [0.2, 0.25) is 0 Å².